The summed E-state index contributed by atoms with van der Waals surface area (Å²) in [5, 5.41) is 13.7. The Bertz CT molecular complexity index is 1330. The number of halogens is 4. The summed E-state index contributed by atoms with van der Waals surface area (Å²) in [6, 6.07) is 11.8. The van der Waals surface area contributed by atoms with Crippen LogP contribution < -0.4 is 5.69 Å². The summed E-state index contributed by atoms with van der Waals surface area (Å²) in [5.41, 5.74) is -1.60. The quantitative estimate of drug-likeness (QED) is 0.345. The maximum absolute atomic E-state index is 13.5. The van der Waals surface area contributed by atoms with Gasteiger partial charge in [-0.05, 0) is 54.2 Å². The maximum Gasteiger partial charge on any atom is 0.416 e. The van der Waals surface area contributed by atoms with E-state index >= 15 is 0 Å². The van der Waals surface area contributed by atoms with Gasteiger partial charge in [0.05, 0.1) is 5.56 Å². The maximum atomic E-state index is 13.5. The Labute approximate surface area is 216 Å². The summed E-state index contributed by atoms with van der Waals surface area (Å²) in [5.74, 6) is -1.10. The highest BCUT2D eigenvalue weighted by Gasteiger charge is 2.37. The number of benzene rings is 2. The van der Waals surface area contributed by atoms with Gasteiger partial charge < -0.3 is 5.11 Å². The standard InChI is InChI=1S/C26H27ClF3N3O4/c1-25(2,20-6-3-4-7-21(20)26(28,29)30)14-13-19(34)16-33-24(37)32(15-5-8-22(35)36)23(31-33)17-9-11-18(27)12-10-17/h3-4,6-7,9-12H,5,8,13-16H2,1-2H3,(H,35,36). The van der Waals surface area contributed by atoms with Gasteiger partial charge in [0.1, 0.15) is 6.54 Å². The topological polar surface area (TPSA) is 94.2 Å². The van der Waals surface area contributed by atoms with E-state index in [0.717, 1.165) is 10.7 Å². The molecule has 0 amide bonds. The van der Waals surface area contributed by atoms with Crippen LogP contribution in [0.3, 0.4) is 0 Å². The lowest BCUT2D eigenvalue weighted by atomic mass is 9.77. The van der Waals surface area contributed by atoms with Gasteiger partial charge in [0.15, 0.2) is 11.6 Å². The fraction of sp³-hybridized carbons (Fsp3) is 0.385. The molecule has 198 valence electrons. The number of carboxylic acids is 1. The number of carbonyl (C=O) groups excluding carboxylic acids is 1. The van der Waals surface area contributed by atoms with Gasteiger partial charge in [-0.15, -0.1) is 5.10 Å². The van der Waals surface area contributed by atoms with Crippen molar-refractivity contribution in [1.82, 2.24) is 14.3 Å². The molecule has 11 heteroatoms. The number of Topliss-reactive ketones (excluding diaryl/α,β-unsaturated/α-hetero) is 1. The van der Waals surface area contributed by atoms with Crippen LogP contribution in [0.4, 0.5) is 13.2 Å². The van der Waals surface area contributed by atoms with Crippen LogP contribution in [0, 0.1) is 0 Å². The Morgan fingerprint density at radius 2 is 1.62 bits per heavy atom. The van der Waals surface area contributed by atoms with Crippen molar-refractivity contribution in [2.24, 2.45) is 0 Å². The zero-order chi connectivity index (χ0) is 27.4. The van der Waals surface area contributed by atoms with Gasteiger partial charge >= 0.3 is 17.8 Å². The molecule has 1 aromatic heterocycles. The van der Waals surface area contributed by atoms with E-state index in [1.165, 1.54) is 22.8 Å². The molecule has 0 unspecified atom stereocenters. The Kier molecular flexibility index (Phi) is 8.63. The first-order valence-electron chi connectivity index (χ1n) is 11.6. The van der Waals surface area contributed by atoms with Gasteiger partial charge in [0.2, 0.25) is 0 Å². The van der Waals surface area contributed by atoms with Crippen LogP contribution in [-0.4, -0.2) is 31.2 Å². The molecule has 0 spiro atoms. The molecule has 0 fully saturated rings. The van der Waals surface area contributed by atoms with Crippen molar-refractivity contribution in [2.45, 2.75) is 64.2 Å². The number of alkyl halides is 3. The number of nitrogens with zero attached hydrogens (tertiary/aromatic N) is 3. The molecule has 1 N–H and O–H groups in total. The molecule has 1 heterocycles. The summed E-state index contributed by atoms with van der Waals surface area (Å²) < 4.78 is 42.8. The molecule has 0 saturated heterocycles. The zero-order valence-electron chi connectivity index (χ0n) is 20.4. The zero-order valence-corrected chi connectivity index (χ0v) is 21.1. The largest absolute Gasteiger partial charge is 0.481 e. The number of hydrogen-bond acceptors (Lipinski definition) is 4. The highest BCUT2D eigenvalue weighted by molar-refractivity contribution is 6.30. The Balaban J connectivity index is 1.80. The molecule has 3 aromatic rings. The van der Waals surface area contributed by atoms with Crippen molar-refractivity contribution < 1.29 is 27.9 Å². The fourth-order valence-electron chi connectivity index (χ4n) is 4.10. The van der Waals surface area contributed by atoms with Gasteiger partial charge in [-0.25, -0.2) is 9.48 Å². The molecule has 0 aliphatic heterocycles. The average Bonchev–Trinajstić information content (AvgIpc) is 3.12. The second-order valence-corrected chi connectivity index (χ2v) is 9.82. The number of carbonyl (C=O) groups is 2. The van der Waals surface area contributed by atoms with Crippen LogP contribution in [-0.2, 0) is 34.3 Å². The first-order valence-corrected chi connectivity index (χ1v) is 12.0. The van der Waals surface area contributed by atoms with E-state index in [1.54, 1.807) is 38.1 Å². The third-order valence-electron chi connectivity index (χ3n) is 6.11. The van der Waals surface area contributed by atoms with E-state index in [9.17, 15) is 27.6 Å². The average molecular weight is 538 g/mol. The highest BCUT2D eigenvalue weighted by Crippen LogP contribution is 2.39. The third kappa shape index (κ3) is 7.09. The predicted octanol–water partition coefficient (Wildman–Crippen LogP) is 5.58. The molecule has 0 aliphatic carbocycles. The normalized spacial score (nSPS) is 12.1. The molecule has 0 atom stereocenters. The molecule has 7 nitrogen and oxygen atoms in total. The van der Waals surface area contributed by atoms with Crippen LogP contribution in [0.15, 0.2) is 53.3 Å². The van der Waals surface area contributed by atoms with Crippen molar-refractivity contribution in [3.05, 3.63) is 75.2 Å². The Hall–Kier alpha value is -3.40. The molecule has 0 saturated carbocycles. The highest BCUT2D eigenvalue weighted by atomic mass is 35.5. The van der Waals surface area contributed by atoms with E-state index in [4.69, 9.17) is 16.7 Å². The van der Waals surface area contributed by atoms with Crippen molar-refractivity contribution >= 4 is 23.4 Å². The van der Waals surface area contributed by atoms with Gasteiger partial charge in [-0.3, -0.25) is 14.2 Å². The van der Waals surface area contributed by atoms with Crippen molar-refractivity contribution in [3.63, 3.8) is 0 Å². The van der Waals surface area contributed by atoms with Crippen LogP contribution in [0.5, 0.6) is 0 Å². The minimum atomic E-state index is -4.52. The Morgan fingerprint density at radius 1 is 1.00 bits per heavy atom. The molecule has 0 aliphatic rings. The third-order valence-corrected chi connectivity index (χ3v) is 6.37. The molecule has 0 bridgehead atoms. The summed E-state index contributed by atoms with van der Waals surface area (Å²) in [7, 11) is 0. The summed E-state index contributed by atoms with van der Waals surface area (Å²) in [4.78, 5) is 36.8. The van der Waals surface area contributed by atoms with Gasteiger partial charge in [0, 0.05) is 30.0 Å². The summed E-state index contributed by atoms with van der Waals surface area (Å²) >= 11 is 5.95. The van der Waals surface area contributed by atoms with Crippen molar-refractivity contribution in [2.75, 3.05) is 0 Å². The molecular weight excluding hydrogens is 511 g/mol. The number of aromatic nitrogens is 3. The lowest BCUT2D eigenvalue weighted by molar-refractivity contribution is -0.139. The minimum Gasteiger partial charge on any atom is -0.481 e. The first-order chi connectivity index (χ1) is 17.3. The van der Waals surface area contributed by atoms with Crippen LogP contribution in [0.1, 0.15) is 50.7 Å². The fourth-order valence-corrected chi connectivity index (χ4v) is 4.23. The first kappa shape index (κ1) is 28.2. The number of carboxylic acid groups (broad SMARTS) is 1. The van der Waals surface area contributed by atoms with E-state index in [1.807, 2.05) is 0 Å². The van der Waals surface area contributed by atoms with Crippen LogP contribution >= 0.6 is 11.6 Å². The number of rotatable bonds is 11. The monoisotopic (exact) mass is 537 g/mol. The number of aliphatic carboxylic acids is 1. The van der Waals surface area contributed by atoms with Gasteiger partial charge in [-0.2, -0.15) is 13.2 Å². The molecular formula is C26H27ClF3N3O4. The number of hydrogen-bond donors (Lipinski definition) is 1. The SMILES string of the molecule is CC(C)(CCC(=O)Cn1nc(-c2ccc(Cl)cc2)n(CCCC(=O)O)c1=O)c1ccccc1C(F)(F)F. The van der Waals surface area contributed by atoms with E-state index in [0.29, 0.717) is 10.6 Å². The van der Waals surface area contributed by atoms with E-state index in [2.05, 4.69) is 5.10 Å². The number of ketones is 1. The van der Waals surface area contributed by atoms with E-state index in [-0.39, 0.29) is 55.9 Å². The lowest BCUT2D eigenvalue weighted by Crippen LogP contribution is -2.29. The lowest BCUT2D eigenvalue weighted by Gasteiger charge is -2.28. The second kappa shape index (κ2) is 11.3. The van der Waals surface area contributed by atoms with Crippen LogP contribution in [0.25, 0.3) is 11.4 Å². The minimum absolute atomic E-state index is 0.0617. The van der Waals surface area contributed by atoms with Crippen LogP contribution in [0.2, 0.25) is 5.02 Å². The van der Waals surface area contributed by atoms with Gasteiger partial charge in [0.25, 0.3) is 0 Å². The second-order valence-electron chi connectivity index (χ2n) is 9.39. The van der Waals surface area contributed by atoms with Gasteiger partial charge in [-0.1, -0.05) is 43.6 Å². The molecule has 3 rings (SSSR count). The molecule has 2 aromatic carbocycles. The Morgan fingerprint density at radius 3 is 2.22 bits per heavy atom. The smallest absolute Gasteiger partial charge is 0.416 e. The van der Waals surface area contributed by atoms with Crippen molar-refractivity contribution in [3.8, 4) is 11.4 Å². The summed E-state index contributed by atoms with van der Waals surface area (Å²) in [6.07, 6.45) is -4.41. The predicted molar refractivity (Wildman–Crippen MR) is 133 cm³/mol. The molecule has 37 heavy (non-hydrogen) atoms. The van der Waals surface area contributed by atoms with E-state index < -0.39 is 28.8 Å². The van der Waals surface area contributed by atoms with Crippen molar-refractivity contribution in [1.29, 1.82) is 0 Å². The summed E-state index contributed by atoms with van der Waals surface area (Å²) in [6.45, 7) is 3.01. The molecule has 0 radical (unpaired) electrons.